The number of fused-ring (bicyclic) bond motifs is 1. The van der Waals surface area contributed by atoms with Gasteiger partial charge in [0.05, 0.1) is 4.91 Å². The number of benzene rings is 2. The molecule has 1 saturated heterocycles. The molecule has 0 saturated carbocycles. The third kappa shape index (κ3) is 4.19. The maximum Gasteiger partial charge on any atom is 0.294 e. The maximum atomic E-state index is 12.5. The van der Waals surface area contributed by atoms with Gasteiger partial charge in [0.2, 0.25) is 5.91 Å². The molecule has 0 radical (unpaired) electrons. The van der Waals surface area contributed by atoms with E-state index in [1.807, 2.05) is 0 Å². The number of nitrogens with zero attached hydrogens (tertiary/aromatic N) is 1. The Balaban J connectivity index is 1.42. The molecule has 2 aromatic rings. The zero-order valence-corrected chi connectivity index (χ0v) is 15.9. The number of amides is 3. The molecule has 9 heteroatoms. The average Bonchev–Trinajstić information content (AvgIpc) is 2.97. The van der Waals surface area contributed by atoms with E-state index in [0.717, 1.165) is 16.7 Å². The Kier molecular flexibility index (Phi) is 5.13. The molecule has 0 aliphatic carbocycles. The molecule has 2 heterocycles. The van der Waals surface area contributed by atoms with Gasteiger partial charge >= 0.3 is 0 Å². The lowest BCUT2D eigenvalue weighted by molar-refractivity contribution is -0.127. The average molecular weight is 412 g/mol. The van der Waals surface area contributed by atoms with Gasteiger partial charge in [-0.1, -0.05) is 12.1 Å². The van der Waals surface area contributed by atoms with Crippen molar-refractivity contribution in [3.8, 4) is 17.2 Å². The van der Waals surface area contributed by atoms with Crippen molar-refractivity contribution in [2.75, 3.05) is 25.1 Å². The first-order valence-corrected chi connectivity index (χ1v) is 9.55. The first-order valence-electron chi connectivity index (χ1n) is 8.73. The molecule has 0 spiro atoms. The van der Waals surface area contributed by atoms with Crippen molar-refractivity contribution in [2.45, 2.75) is 0 Å². The quantitative estimate of drug-likeness (QED) is 0.744. The molecule has 0 bridgehead atoms. The van der Waals surface area contributed by atoms with Crippen LogP contribution in [0.25, 0.3) is 6.08 Å². The fraction of sp³-hybridized carbons (Fsp3) is 0.150. The van der Waals surface area contributed by atoms with E-state index in [0.29, 0.717) is 36.0 Å². The van der Waals surface area contributed by atoms with Gasteiger partial charge in [0.15, 0.2) is 11.5 Å². The molecule has 0 aromatic heterocycles. The number of hydrogen-bond acceptors (Lipinski definition) is 7. The lowest BCUT2D eigenvalue weighted by Gasteiger charge is -2.19. The molecule has 2 N–H and O–H groups in total. The number of thioether (sulfide) groups is 1. The van der Waals surface area contributed by atoms with Gasteiger partial charge in [-0.3, -0.25) is 19.3 Å². The minimum absolute atomic E-state index is 0.103. The number of aromatic hydroxyl groups is 1. The van der Waals surface area contributed by atoms with Gasteiger partial charge in [-0.05, 0) is 47.7 Å². The van der Waals surface area contributed by atoms with Gasteiger partial charge in [0, 0.05) is 11.8 Å². The predicted octanol–water partition coefficient (Wildman–Crippen LogP) is 2.84. The second-order valence-corrected chi connectivity index (χ2v) is 7.26. The number of nitrogens with one attached hydrogen (secondary N) is 1. The topological polar surface area (TPSA) is 105 Å². The van der Waals surface area contributed by atoms with Crippen LogP contribution in [0.2, 0.25) is 0 Å². The summed E-state index contributed by atoms with van der Waals surface area (Å²) in [6.45, 7) is 0.496. The Morgan fingerprint density at radius 3 is 2.59 bits per heavy atom. The van der Waals surface area contributed by atoms with Crippen LogP contribution in [0.3, 0.4) is 0 Å². The van der Waals surface area contributed by atoms with E-state index in [1.54, 1.807) is 36.4 Å². The molecule has 1 fully saturated rings. The van der Waals surface area contributed by atoms with Crippen LogP contribution in [0, 0.1) is 0 Å². The molecule has 2 aromatic carbocycles. The highest BCUT2D eigenvalue weighted by Gasteiger charge is 2.36. The van der Waals surface area contributed by atoms with Crippen LogP contribution in [0.15, 0.2) is 47.4 Å². The molecule has 29 heavy (non-hydrogen) atoms. The van der Waals surface area contributed by atoms with Crippen molar-refractivity contribution in [2.24, 2.45) is 0 Å². The van der Waals surface area contributed by atoms with Gasteiger partial charge < -0.3 is 19.9 Å². The summed E-state index contributed by atoms with van der Waals surface area (Å²) in [7, 11) is 0. The van der Waals surface area contributed by atoms with E-state index >= 15 is 0 Å². The highest BCUT2D eigenvalue weighted by molar-refractivity contribution is 8.18. The first-order chi connectivity index (χ1) is 14.0. The van der Waals surface area contributed by atoms with E-state index in [9.17, 15) is 19.5 Å². The number of hydrogen-bond donors (Lipinski definition) is 2. The number of phenols is 1. The highest BCUT2D eigenvalue weighted by atomic mass is 32.2. The van der Waals surface area contributed by atoms with Crippen molar-refractivity contribution in [1.82, 2.24) is 4.90 Å². The van der Waals surface area contributed by atoms with Crippen LogP contribution in [0.5, 0.6) is 17.2 Å². The fourth-order valence-electron chi connectivity index (χ4n) is 2.82. The Bertz CT molecular complexity index is 1020. The molecule has 3 amide bonds. The summed E-state index contributed by atoms with van der Waals surface area (Å²) in [6.07, 6.45) is 1.54. The monoisotopic (exact) mass is 412 g/mol. The van der Waals surface area contributed by atoms with Crippen LogP contribution in [0.4, 0.5) is 10.5 Å². The molecule has 8 nitrogen and oxygen atoms in total. The van der Waals surface area contributed by atoms with Gasteiger partial charge in [0.1, 0.15) is 25.5 Å². The number of rotatable bonds is 4. The minimum atomic E-state index is -0.537. The van der Waals surface area contributed by atoms with E-state index in [1.165, 1.54) is 12.1 Å². The van der Waals surface area contributed by atoms with Crippen molar-refractivity contribution < 1.29 is 29.0 Å². The van der Waals surface area contributed by atoms with Crippen LogP contribution in [-0.4, -0.2) is 46.8 Å². The first kappa shape index (κ1) is 18.9. The summed E-state index contributed by atoms with van der Waals surface area (Å²) < 4.78 is 10.9. The fourth-order valence-corrected chi connectivity index (χ4v) is 3.66. The Morgan fingerprint density at radius 2 is 1.83 bits per heavy atom. The molecule has 0 unspecified atom stereocenters. The second-order valence-electron chi connectivity index (χ2n) is 6.27. The third-order valence-corrected chi connectivity index (χ3v) is 5.10. The third-order valence-electron chi connectivity index (χ3n) is 4.19. The van der Waals surface area contributed by atoms with Crippen molar-refractivity contribution in [3.05, 3.63) is 52.9 Å². The molecule has 2 aliphatic rings. The van der Waals surface area contributed by atoms with E-state index < -0.39 is 23.6 Å². The molecule has 0 atom stereocenters. The van der Waals surface area contributed by atoms with E-state index in [4.69, 9.17) is 9.47 Å². The van der Waals surface area contributed by atoms with E-state index in [2.05, 4.69) is 5.32 Å². The van der Waals surface area contributed by atoms with Crippen LogP contribution >= 0.6 is 11.8 Å². The van der Waals surface area contributed by atoms with Gasteiger partial charge in [-0.15, -0.1) is 0 Å². The predicted molar refractivity (Wildman–Crippen MR) is 107 cm³/mol. The summed E-state index contributed by atoms with van der Waals surface area (Å²) in [6, 6.07) is 11.2. The number of carbonyl (C=O) groups excluding carboxylic acids is 3. The van der Waals surface area contributed by atoms with Crippen molar-refractivity contribution >= 4 is 40.6 Å². The molecular weight excluding hydrogens is 396 g/mol. The van der Waals surface area contributed by atoms with Crippen molar-refractivity contribution in [3.63, 3.8) is 0 Å². The molecular formula is C20H16N2O6S. The number of carbonyl (C=O) groups is 3. The van der Waals surface area contributed by atoms with Gasteiger partial charge in [-0.25, -0.2) is 0 Å². The number of anilines is 1. The van der Waals surface area contributed by atoms with Crippen LogP contribution in [0.1, 0.15) is 5.56 Å². The number of phenolic OH excluding ortho intramolecular Hbond substituents is 1. The molecule has 148 valence electrons. The lowest BCUT2D eigenvalue weighted by atomic mass is 10.2. The van der Waals surface area contributed by atoms with Gasteiger partial charge in [0.25, 0.3) is 11.1 Å². The van der Waals surface area contributed by atoms with E-state index in [-0.39, 0.29) is 10.7 Å². The van der Waals surface area contributed by atoms with Crippen LogP contribution < -0.4 is 14.8 Å². The molecule has 4 rings (SSSR count). The summed E-state index contributed by atoms with van der Waals surface area (Å²) >= 11 is 0.767. The highest BCUT2D eigenvalue weighted by Crippen LogP contribution is 2.34. The Labute approximate surface area is 170 Å². The zero-order chi connectivity index (χ0) is 20.4. The SMILES string of the molecule is O=C(CN1C(=O)S/C(=C/c2ccc(O)cc2)C1=O)Nc1ccc2c(c1)OCCO2. The summed E-state index contributed by atoms with van der Waals surface area (Å²) in [5.74, 6) is 0.183. The van der Waals surface area contributed by atoms with Crippen molar-refractivity contribution in [1.29, 1.82) is 0 Å². The Hall–Kier alpha value is -3.46. The summed E-state index contributed by atoms with van der Waals surface area (Å²) in [5, 5.41) is 11.5. The maximum absolute atomic E-state index is 12.5. The second kappa shape index (κ2) is 7.88. The number of ether oxygens (including phenoxy) is 2. The normalized spacial score (nSPS) is 17.0. The summed E-state index contributed by atoms with van der Waals surface area (Å²) in [4.78, 5) is 38.2. The lowest BCUT2D eigenvalue weighted by Crippen LogP contribution is -2.36. The largest absolute Gasteiger partial charge is 0.508 e. The smallest absolute Gasteiger partial charge is 0.294 e. The van der Waals surface area contributed by atoms with Crippen LogP contribution in [-0.2, 0) is 9.59 Å². The standard InChI is InChI=1S/C20H16N2O6S/c23-14-4-1-12(2-5-14)9-17-19(25)22(20(26)29-17)11-18(24)21-13-3-6-15-16(10-13)28-8-7-27-15/h1-6,9-10,23H,7-8,11H2,(H,21,24)/b17-9+. The number of imide groups is 1. The summed E-state index contributed by atoms with van der Waals surface area (Å²) in [5.41, 5.74) is 1.14. The van der Waals surface area contributed by atoms with Gasteiger partial charge in [-0.2, -0.15) is 0 Å². The zero-order valence-electron chi connectivity index (χ0n) is 15.1. The Morgan fingerprint density at radius 1 is 1.10 bits per heavy atom. The molecule has 2 aliphatic heterocycles. The minimum Gasteiger partial charge on any atom is -0.508 e.